The van der Waals surface area contributed by atoms with Crippen LogP contribution in [0.4, 0.5) is 5.69 Å². The number of aromatic amines is 1. The number of nitrogens with one attached hydrogen (secondary N) is 2. The maximum absolute atomic E-state index is 12.6. The van der Waals surface area contributed by atoms with Crippen LogP contribution < -0.4 is 5.32 Å². The van der Waals surface area contributed by atoms with Gasteiger partial charge in [-0.1, -0.05) is 0 Å². The van der Waals surface area contributed by atoms with Crippen LogP contribution in [0.25, 0.3) is 10.9 Å². The van der Waals surface area contributed by atoms with Gasteiger partial charge < -0.3 is 14.6 Å². The number of non-ortho nitro benzene ring substituents is 1. The standard InChI is InChI=1S/C18H17N5O5/c24-17(16-13-10-12(23(26)27)3-4-14(13)20-21-16)19-11-5-7-22(8-6-11)18(25)15-2-1-9-28-15/h1-4,9-11H,5-8H2,(H,19,24)(H,20,21). The lowest BCUT2D eigenvalue weighted by Gasteiger charge is -2.31. The largest absolute Gasteiger partial charge is 0.459 e. The summed E-state index contributed by atoms with van der Waals surface area (Å²) < 4.78 is 5.14. The Labute approximate surface area is 158 Å². The van der Waals surface area contributed by atoms with Crippen LogP contribution in [-0.2, 0) is 0 Å². The second-order valence-electron chi connectivity index (χ2n) is 6.58. The van der Waals surface area contributed by atoms with E-state index in [0.717, 1.165) is 0 Å². The highest BCUT2D eigenvalue weighted by Gasteiger charge is 2.27. The number of benzene rings is 1. The van der Waals surface area contributed by atoms with Gasteiger partial charge in [0.1, 0.15) is 0 Å². The van der Waals surface area contributed by atoms with Crippen molar-refractivity contribution in [2.45, 2.75) is 18.9 Å². The van der Waals surface area contributed by atoms with Crippen molar-refractivity contribution >= 4 is 28.4 Å². The molecule has 1 fully saturated rings. The highest BCUT2D eigenvalue weighted by Crippen LogP contribution is 2.22. The Kier molecular flexibility index (Phi) is 4.52. The second kappa shape index (κ2) is 7.14. The molecule has 2 N–H and O–H groups in total. The van der Waals surface area contributed by atoms with Crippen LogP contribution in [0.2, 0.25) is 0 Å². The zero-order chi connectivity index (χ0) is 19.7. The van der Waals surface area contributed by atoms with E-state index in [9.17, 15) is 19.7 Å². The molecule has 2 amide bonds. The normalized spacial score (nSPS) is 14.9. The average molecular weight is 383 g/mol. The Morgan fingerprint density at radius 2 is 2.07 bits per heavy atom. The van der Waals surface area contributed by atoms with E-state index in [1.165, 1.54) is 24.5 Å². The fourth-order valence-corrected chi connectivity index (χ4v) is 3.33. The quantitative estimate of drug-likeness (QED) is 0.523. The first-order valence-corrected chi connectivity index (χ1v) is 8.79. The first kappa shape index (κ1) is 17.7. The molecule has 144 valence electrons. The number of furan rings is 1. The van der Waals surface area contributed by atoms with Crippen molar-refractivity contribution in [3.05, 3.63) is 58.2 Å². The van der Waals surface area contributed by atoms with Gasteiger partial charge >= 0.3 is 0 Å². The van der Waals surface area contributed by atoms with Gasteiger partial charge in [-0.05, 0) is 31.0 Å². The molecular weight excluding hydrogens is 366 g/mol. The molecular formula is C18H17N5O5. The third kappa shape index (κ3) is 3.31. The zero-order valence-corrected chi connectivity index (χ0v) is 14.8. The Bertz CT molecular complexity index is 1030. The van der Waals surface area contributed by atoms with E-state index in [1.807, 2.05) is 0 Å². The number of nitrogens with zero attached hydrogens (tertiary/aromatic N) is 3. The second-order valence-corrected chi connectivity index (χ2v) is 6.58. The number of carbonyl (C=O) groups is 2. The van der Waals surface area contributed by atoms with Gasteiger partial charge in [-0.3, -0.25) is 24.8 Å². The van der Waals surface area contributed by atoms with Crippen molar-refractivity contribution in [1.82, 2.24) is 20.4 Å². The maximum Gasteiger partial charge on any atom is 0.289 e. The van der Waals surface area contributed by atoms with Crippen LogP contribution in [0.1, 0.15) is 33.9 Å². The van der Waals surface area contributed by atoms with E-state index in [0.29, 0.717) is 42.6 Å². The van der Waals surface area contributed by atoms with Gasteiger partial charge in [0.2, 0.25) is 0 Å². The van der Waals surface area contributed by atoms with Crippen LogP contribution >= 0.6 is 0 Å². The lowest BCUT2D eigenvalue weighted by Crippen LogP contribution is -2.46. The van der Waals surface area contributed by atoms with E-state index >= 15 is 0 Å². The number of aromatic nitrogens is 2. The van der Waals surface area contributed by atoms with Gasteiger partial charge in [0, 0.05) is 36.7 Å². The summed E-state index contributed by atoms with van der Waals surface area (Å²) in [5.41, 5.74) is 0.565. The third-order valence-corrected chi connectivity index (χ3v) is 4.82. The van der Waals surface area contributed by atoms with Crippen molar-refractivity contribution in [3.63, 3.8) is 0 Å². The number of likely N-dealkylation sites (tertiary alicyclic amines) is 1. The highest BCUT2D eigenvalue weighted by molar-refractivity contribution is 6.05. The van der Waals surface area contributed by atoms with Crippen molar-refractivity contribution < 1.29 is 18.9 Å². The molecule has 0 spiro atoms. The number of fused-ring (bicyclic) bond motifs is 1. The first-order chi connectivity index (χ1) is 13.5. The van der Waals surface area contributed by atoms with Crippen LogP contribution in [-0.4, -0.2) is 51.0 Å². The first-order valence-electron chi connectivity index (χ1n) is 8.79. The van der Waals surface area contributed by atoms with Gasteiger partial charge in [-0.2, -0.15) is 5.10 Å². The number of amides is 2. The van der Waals surface area contributed by atoms with Gasteiger partial charge in [0.05, 0.1) is 16.7 Å². The zero-order valence-electron chi connectivity index (χ0n) is 14.8. The van der Waals surface area contributed by atoms with Gasteiger partial charge in [0.15, 0.2) is 11.5 Å². The molecule has 3 aromatic rings. The number of H-pyrrole nitrogens is 1. The van der Waals surface area contributed by atoms with Crippen LogP contribution in [0, 0.1) is 10.1 Å². The Morgan fingerprint density at radius 3 is 2.75 bits per heavy atom. The van der Waals surface area contributed by atoms with E-state index in [-0.39, 0.29) is 23.3 Å². The van der Waals surface area contributed by atoms with Gasteiger partial charge in [-0.15, -0.1) is 0 Å². The molecule has 1 aliphatic rings. The number of hydrogen-bond donors (Lipinski definition) is 2. The highest BCUT2D eigenvalue weighted by atomic mass is 16.6. The minimum Gasteiger partial charge on any atom is -0.459 e. The van der Waals surface area contributed by atoms with Crippen molar-refractivity contribution in [1.29, 1.82) is 0 Å². The summed E-state index contributed by atoms with van der Waals surface area (Å²) in [6.45, 7) is 0.995. The number of hydrogen-bond acceptors (Lipinski definition) is 6. The molecule has 2 aromatic heterocycles. The number of nitro groups is 1. The molecule has 10 nitrogen and oxygen atoms in total. The molecule has 1 aliphatic heterocycles. The molecule has 1 aromatic carbocycles. The Balaban J connectivity index is 1.41. The topological polar surface area (TPSA) is 134 Å². The van der Waals surface area contributed by atoms with E-state index in [2.05, 4.69) is 15.5 Å². The number of piperidine rings is 1. The Hall–Kier alpha value is -3.69. The van der Waals surface area contributed by atoms with E-state index in [4.69, 9.17) is 4.42 Å². The summed E-state index contributed by atoms with van der Waals surface area (Å²) in [6.07, 6.45) is 2.65. The Morgan fingerprint density at radius 1 is 1.29 bits per heavy atom. The lowest BCUT2D eigenvalue weighted by atomic mass is 10.0. The van der Waals surface area contributed by atoms with Crippen LogP contribution in [0.5, 0.6) is 0 Å². The minimum atomic E-state index is -0.514. The van der Waals surface area contributed by atoms with E-state index < -0.39 is 10.8 Å². The number of rotatable bonds is 4. The molecule has 0 saturated carbocycles. The SMILES string of the molecule is O=C(NC1CCN(C(=O)c2ccco2)CC1)c1n[nH]c2ccc([N+](=O)[O-])cc12. The third-order valence-electron chi connectivity index (χ3n) is 4.82. The molecule has 4 rings (SSSR count). The molecule has 10 heteroatoms. The number of nitro benzene ring substituents is 1. The minimum absolute atomic E-state index is 0.104. The van der Waals surface area contributed by atoms with E-state index in [1.54, 1.807) is 17.0 Å². The molecule has 0 atom stereocenters. The van der Waals surface area contributed by atoms with Crippen LogP contribution in [0.3, 0.4) is 0 Å². The van der Waals surface area contributed by atoms with Crippen molar-refractivity contribution in [3.8, 4) is 0 Å². The molecule has 0 aliphatic carbocycles. The van der Waals surface area contributed by atoms with Crippen LogP contribution in [0.15, 0.2) is 41.0 Å². The fourth-order valence-electron chi connectivity index (χ4n) is 3.33. The van der Waals surface area contributed by atoms with Crippen molar-refractivity contribution in [2.75, 3.05) is 13.1 Å². The molecule has 3 heterocycles. The molecule has 1 saturated heterocycles. The molecule has 0 radical (unpaired) electrons. The monoisotopic (exact) mass is 383 g/mol. The van der Waals surface area contributed by atoms with Gasteiger partial charge in [0.25, 0.3) is 17.5 Å². The molecule has 0 bridgehead atoms. The summed E-state index contributed by atoms with van der Waals surface area (Å²) >= 11 is 0. The van der Waals surface area contributed by atoms with Crippen molar-refractivity contribution in [2.24, 2.45) is 0 Å². The molecule has 28 heavy (non-hydrogen) atoms. The maximum atomic E-state index is 12.6. The number of carbonyl (C=O) groups excluding carboxylic acids is 2. The summed E-state index contributed by atoms with van der Waals surface area (Å²) in [4.78, 5) is 37.0. The predicted octanol–water partition coefficient (Wildman–Crippen LogP) is 2.10. The summed E-state index contributed by atoms with van der Waals surface area (Å²) in [7, 11) is 0. The summed E-state index contributed by atoms with van der Waals surface area (Å²) in [5, 5.41) is 21.0. The average Bonchev–Trinajstić information content (AvgIpc) is 3.37. The fraction of sp³-hybridized carbons (Fsp3) is 0.278. The smallest absolute Gasteiger partial charge is 0.289 e. The summed E-state index contributed by atoms with van der Waals surface area (Å²) in [6, 6.07) is 7.39. The molecule has 0 unspecified atom stereocenters. The lowest BCUT2D eigenvalue weighted by molar-refractivity contribution is -0.384. The van der Waals surface area contributed by atoms with Gasteiger partial charge in [-0.25, -0.2) is 0 Å². The predicted molar refractivity (Wildman–Crippen MR) is 97.8 cm³/mol. The summed E-state index contributed by atoms with van der Waals surface area (Å²) in [5.74, 6) is -0.269.